The van der Waals surface area contributed by atoms with E-state index < -0.39 is 0 Å². The number of rotatable bonds is 2. The molecule has 2 unspecified atom stereocenters. The van der Waals surface area contributed by atoms with Crippen LogP contribution in [0.2, 0.25) is 0 Å². The van der Waals surface area contributed by atoms with Crippen LogP contribution in [-0.4, -0.2) is 17.3 Å². The smallest absolute Gasteiger partial charge is 0.124 e. The van der Waals surface area contributed by atoms with Crippen molar-refractivity contribution in [2.24, 2.45) is 0 Å². The molecule has 1 aromatic carbocycles. The van der Waals surface area contributed by atoms with Gasteiger partial charge in [0.25, 0.3) is 0 Å². The van der Waals surface area contributed by atoms with Gasteiger partial charge in [-0.1, -0.05) is 15.9 Å². The van der Waals surface area contributed by atoms with Crippen LogP contribution in [-0.2, 0) is 0 Å². The monoisotopic (exact) mass is 270 g/mol. The molecule has 1 aromatic rings. The third-order valence-corrected chi connectivity index (χ3v) is 3.72. The average Bonchev–Trinajstić information content (AvgIpc) is 2.59. The van der Waals surface area contributed by atoms with E-state index in [0.29, 0.717) is 0 Å². The molecule has 2 atom stereocenters. The first-order valence-electron chi connectivity index (χ1n) is 5.27. The third-order valence-electron chi connectivity index (χ3n) is 2.83. The predicted octanol–water partition coefficient (Wildman–Crippen LogP) is 3.05. The Balaban J connectivity index is 2.07. The summed E-state index contributed by atoms with van der Waals surface area (Å²) >= 11 is 3.45. The molecule has 0 amide bonds. The van der Waals surface area contributed by atoms with Crippen molar-refractivity contribution >= 4 is 15.9 Å². The summed E-state index contributed by atoms with van der Waals surface area (Å²) in [7, 11) is 0. The molecule has 0 saturated heterocycles. The minimum absolute atomic E-state index is 0.0226. The number of aliphatic hydroxyl groups is 1. The number of aryl methyl sites for hydroxylation is 1. The number of aliphatic hydroxyl groups excluding tert-OH is 1. The van der Waals surface area contributed by atoms with Crippen LogP contribution >= 0.6 is 15.9 Å². The number of halogens is 1. The fraction of sp³-hybridized carbons (Fsp3) is 0.500. The van der Waals surface area contributed by atoms with Gasteiger partial charge in [-0.3, -0.25) is 0 Å². The maximum Gasteiger partial charge on any atom is 0.124 e. The minimum Gasteiger partial charge on any atom is -0.488 e. The van der Waals surface area contributed by atoms with Gasteiger partial charge in [0.1, 0.15) is 11.9 Å². The Morgan fingerprint density at radius 3 is 2.80 bits per heavy atom. The van der Waals surface area contributed by atoms with Crippen LogP contribution in [0.25, 0.3) is 0 Å². The third kappa shape index (κ3) is 2.52. The second-order valence-corrected chi connectivity index (χ2v) is 4.92. The molecular weight excluding hydrogens is 256 g/mol. The quantitative estimate of drug-likeness (QED) is 0.895. The lowest BCUT2D eigenvalue weighted by molar-refractivity contribution is 0.0603. The van der Waals surface area contributed by atoms with E-state index >= 15 is 0 Å². The number of ether oxygens (including phenoxy) is 1. The summed E-state index contributed by atoms with van der Waals surface area (Å²) in [5.41, 5.74) is 1.15. The lowest BCUT2D eigenvalue weighted by Crippen LogP contribution is -2.25. The minimum atomic E-state index is -0.297. The Morgan fingerprint density at radius 2 is 2.20 bits per heavy atom. The fourth-order valence-electron chi connectivity index (χ4n) is 1.91. The summed E-state index contributed by atoms with van der Waals surface area (Å²) in [6.07, 6.45) is 2.55. The first-order chi connectivity index (χ1) is 7.16. The van der Waals surface area contributed by atoms with Crippen molar-refractivity contribution in [3.05, 3.63) is 28.2 Å². The van der Waals surface area contributed by atoms with Crippen LogP contribution in [0.4, 0.5) is 0 Å². The van der Waals surface area contributed by atoms with Crippen molar-refractivity contribution in [2.75, 3.05) is 0 Å². The molecule has 1 aliphatic carbocycles. The predicted molar refractivity (Wildman–Crippen MR) is 63.2 cm³/mol. The Hall–Kier alpha value is -0.540. The van der Waals surface area contributed by atoms with Crippen LogP contribution in [0.1, 0.15) is 24.8 Å². The van der Waals surface area contributed by atoms with Gasteiger partial charge in [-0.15, -0.1) is 0 Å². The molecule has 3 heteroatoms. The molecular formula is C12H15BrO2. The van der Waals surface area contributed by atoms with E-state index in [1.165, 1.54) is 0 Å². The van der Waals surface area contributed by atoms with Gasteiger partial charge in [0.05, 0.1) is 6.10 Å². The molecule has 1 fully saturated rings. The normalized spacial score (nSPS) is 25.5. The molecule has 0 radical (unpaired) electrons. The van der Waals surface area contributed by atoms with Crippen molar-refractivity contribution in [3.63, 3.8) is 0 Å². The van der Waals surface area contributed by atoms with Gasteiger partial charge in [0.15, 0.2) is 0 Å². The highest BCUT2D eigenvalue weighted by molar-refractivity contribution is 9.10. The molecule has 0 aliphatic heterocycles. The van der Waals surface area contributed by atoms with E-state index in [1.54, 1.807) is 0 Å². The van der Waals surface area contributed by atoms with Gasteiger partial charge < -0.3 is 9.84 Å². The Kier molecular flexibility index (Phi) is 3.32. The van der Waals surface area contributed by atoms with Gasteiger partial charge >= 0.3 is 0 Å². The number of hydrogen-bond acceptors (Lipinski definition) is 2. The van der Waals surface area contributed by atoms with Gasteiger partial charge in [-0.25, -0.2) is 0 Å². The van der Waals surface area contributed by atoms with E-state index in [9.17, 15) is 5.11 Å². The molecule has 1 saturated carbocycles. The maximum atomic E-state index is 9.64. The van der Waals surface area contributed by atoms with Crippen LogP contribution < -0.4 is 4.74 Å². The second kappa shape index (κ2) is 4.54. The summed E-state index contributed by atoms with van der Waals surface area (Å²) < 4.78 is 6.84. The first kappa shape index (κ1) is 11.0. The van der Waals surface area contributed by atoms with Gasteiger partial charge in [-0.05, 0) is 49.9 Å². The van der Waals surface area contributed by atoms with Gasteiger partial charge in [0.2, 0.25) is 0 Å². The van der Waals surface area contributed by atoms with Gasteiger partial charge in [0, 0.05) is 4.47 Å². The summed E-state index contributed by atoms with van der Waals surface area (Å²) in [6, 6.07) is 5.91. The van der Waals surface area contributed by atoms with E-state index in [4.69, 9.17) is 4.74 Å². The largest absolute Gasteiger partial charge is 0.488 e. The van der Waals surface area contributed by atoms with Crippen LogP contribution in [0.15, 0.2) is 22.7 Å². The molecule has 1 N–H and O–H groups in total. The van der Waals surface area contributed by atoms with Crippen molar-refractivity contribution in [3.8, 4) is 5.75 Å². The highest BCUT2D eigenvalue weighted by Crippen LogP contribution is 2.27. The summed E-state index contributed by atoms with van der Waals surface area (Å²) in [4.78, 5) is 0. The van der Waals surface area contributed by atoms with Crippen molar-refractivity contribution < 1.29 is 9.84 Å². The first-order valence-corrected chi connectivity index (χ1v) is 6.07. The Morgan fingerprint density at radius 1 is 1.40 bits per heavy atom. The molecule has 0 heterocycles. The molecule has 0 spiro atoms. The SMILES string of the molecule is Cc1cc(OC2CCCC2O)ccc1Br. The lowest BCUT2D eigenvalue weighted by Gasteiger charge is -2.17. The summed E-state index contributed by atoms with van der Waals surface area (Å²) in [5, 5.41) is 9.64. The molecule has 1 aliphatic rings. The summed E-state index contributed by atoms with van der Waals surface area (Å²) in [6.45, 7) is 2.03. The lowest BCUT2D eigenvalue weighted by atomic mass is 10.2. The topological polar surface area (TPSA) is 29.5 Å². The molecule has 2 rings (SSSR count). The zero-order chi connectivity index (χ0) is 10.8. The number of hydrogen-bond donors (Lipinski definition) is 1. The zero-order valence-electron chi connectivity index (χ0n) is 8.74. The molecule has 0 bridgehead atoms. The van der Waals surface area contributed by atoms with Crippen LogP contribution in [0.3, 0.4) is 0 Å². The van der Waals surface area contributed by atoms with Gasteiger partial charge in [-0.2, -0.15) is 0 Å². The van der Waals surface area contributed by atoms with Crippen molar-refractivity contribution in [1.29, 1.82) is 0 Å². The highest BCUT2D eigenvalue weighted by atomic mass is 79.9. The maximum absolute atomic E-state index is 9.64. The van der Waals surface area contributed by atoms with Crippen molar-refractivity contribution in [2.45, 2.75) is 38.4 Å². The van der Waals surface area contributed by atoms with E-state index in [2.05, 4.69) is 15.9 Å². The van der Waals surface area contributed by atoms with E-state index in [1.807, 2.05) is 25.1 Å². The van der Waals surface area contributed by atoms with Crippen LogP contribution in [0, 0.1) is 6.92 Å². The molecule has 2 nitrogen and oxygen atoms in total. The Labute approximate surface area is 98.4 Å². The second-order valence-electron chi connectivity index (χ2n) is 4.07. The molecule has 0 aromatic heterocycles. The zero-order valence-corrected chi connectivity index (χ0v) is 10.3. The van der Waals surface area contributed by atoms with Crippen LogP contribution in [0.5, 0.6) is 5.75 Å². The highest BCUT2D eigenvalue weighted by Gasteiger charge is 2.26. The average molecular weight is 271 g/mol. The number of benzene rings is 1. The van der Waals surface area contributed by atoms with E-state index in [0.717, 1.165) is 35.0 Å². The summed E-state index contributed by atoms with van der Waals surface area (Å²) in [5.74, 6) is 0.849. The molecule has 15 heavy (non-hydrogen) atoms. The van der Waals surface area contributed by atoms with E-state index in [-0.39, 0.29) is 12.2 Å². The fourth-order valence-corrected chi connectivity index (χ4v) is 2.16. The molecule has 82 valence electrons. The Bertz CT molecular complexity index is 351. The standard InChI is InChI=1S/C12H15BrO2/c1-8-7-9(5-6-10(8)13)15-12-4-2-3-11(12)14/h5-7,11-12,14H,2-4H2,1H3. The van der Waals surface area contributed by atoms with Crippen molar-refractivity contribution in [1.82, 2.24) is 0 Å².